The number of carbonyl (C=O) groups excluding carboxylic acids is 3. The van der Waals surface area contributed by atoms with Crippen LogP contribution in [-0.4, -0.2) is 81.3 Å². The third-order valence-electron chi connectivity index (χ3n) is 2.77. The van der Waals surface area contributed by atoms with E-state index in [4.69, 9.17) is 14.9 Å². The highest BCUT2D eigenvalue weighted by Gasteiger charge is 2.44. The predicted molar refractivity (Wildman–Crippen MR) is 77.1 cm³/mol. The number of aliphatic carboxylic acids is 2. The molecule has 0 aromatic heterocycles. The van der Waals surface area contributed by atoms with Crippen molar-refractivity contribution in [2.24, 2.45) is 0 Å². The lowest BCUT2D eigenvalue weighted by Crippen LogP contribution is -2.68. The van der Waals surface area contributed by atoms with Gasteiger partial charge in [0.25, 0.3) is 5.91 Å². The highest BCUT2D eigenvalue weighted by Crippen LogP contribution is 2.15. The van der Waals surface area contributed by atoms with E-state index in [0.29, 0.717) is 9.80 Å². The first kappa shape index (κ1) is 19.2. The molecule has 1 aliphatic heterocycles. The van der Waals surface area contributed by atoms with E-state index >= 15 is 0 Å². The van der Waals surface area contributed by atoms with Crippen LogP contribution in [0.3, 0.4) is 0 Å². The summed E-state index contributed by atoms with van der Waals surface area (Å²) in [5.41, 5.74) is -0.758. The van der Waals surface area contributed by atoms with Gasteiger partial charge in [0.15, 0.2) is 0 Å². The molecule has 0 radical (unpaired) electrons. The number of alkyl carbamates (subject to hydrolysis) is 1. The molecule has 1 rings (SSSR count). The number of β-lactam (4-membered cyclic amide) rings is 1. The van der Waals surface area contributed by atoms with Crippen LogP contribution in [0.4, 0.5) is 9.59 Å². The first-order valence-corrected chi connectivity index (χ1v) is 6.94. The van der Waals surface area contributed by atoms with E-state index in [1.54, 1.807) is 20.8 Å². The monoisotopic (exact) mass is 345 g/mol. The molecule has 0 unspecified atom stereocenters. The molecule has 1 saturated heterocycles. The minimum Gasteiger partial charge on any atom is -0.480 e. The molecule has 1 heterocycles. The van der Waals surface area contributed by atoms with Crippen LogP contribution in [-0.2, 0) is 19.1 Å². The van der Waals surface area contributed by atoms with Gasteiger partial charge < -0.3 is 25.2 Å². The Morgan fingerprint density at radius 3 is 2.08 bits per heavy atom. The molecule has 0 aromatic carbocycles. The molecule has 134 valence electrons. The predicted octanol–water partition coefficient (Wildman–Crippen LogP) is -0.687. The quantitative estimate of drug-likeness (QED) is 0.553. The van der Waals surface area contributed by atoms with Crippen LogP contribution in [0.2, 0.25) is 0 Å². The largest absolute Gasteiger partial charge is 0.480 e. The number of carboxylic acid groups (broad SMARTS) is 2. The lowest BCUT2D eigenvalue weighted by atomic mass is 10.1. The number of imide groups is 1. The Morgan fingerprint density at radius 1 is 1.21 bits per heavy atom. The van der Waals surface area contributed by atoms with Gasteiger partial charge >= 0.3 is 24.1 Å². The number of hydrogen-bond acceptors (Lipinski definition) is 6. The Morgan fingerprint density at radius 2 is 1.71 bits per heavy atom. The van der Waals surface area contributed by atoms with Crippen molar-refractivity contribution in [1.82, 2.24) is 15.1 Å². The summed E-state index contributed by atoms with van der Waals surface area (Å²) in [7, 11) is 0. The van der Waals surface area contributed by atoms with Gasteiger partial charge in [-0.3, -0.25) is 19.3 Å². The summed E-state index contributed by atoms with van der Waals surface area (Å²) in [4.78, 5) is 58.0. The molecule has 24 heavy (non-hydrogen) atoms. The van der Waals surface area contributed by atoms with Gasteiger partial charge in [-0.05, 0) is 20.8 Å². The second kappa shape index (κ2) is 7.15. The summed E-state index contributed by atoms with van der Waals surface area (Å²) < 4.78 is 4.97. The van der Waals surface area contributed by atoms with Gasteiger partial charge in [-0.1, -0.05) is 0 Å². The Kier molecular flexibility index (Phi) is 5.72. The van der Waals surface area contributed by atoms with Gasteiger partial charge in [0, 0.05) is 0 Å². The third-order valence-corrected chi connectivity index (χ3v) is 2.77. The van der Waals surface area contributed by atoms with Crippen molar-refractivity contribution in [3.63, 3.8) is 0 Å². The minimum absolute atomic E-state index is 0.202. The van der Waals surface area contributed by atoms with Crippen molar-refractivity contribution in [1.29, 1.82) is 0 Å². The number of nitrogens with zero attached hydrogens (tertiary/aromatic N) is 2. The topological polar surface area (TPSA) is 154 Å². The average Bonchev–Trinajstić information content (AvgIpc) is 2.38. The van der Waals surface area contributed by atoms with E-state index in [1.165, 1.54) is 0 Å². The average molecular weight is 345 g/mol. The van der Waals surface area contributed by atoms with Gasteiger partial charge in [0.05, 0.1) is 6.54 Å². The number of ether oxygens (including phenoxy) is 1. The van der Waals surface area contributed by atoms with E-state index in [2.05, 4.69) is 5.32 Å². The smallest absolute Gasteiger partial charge is 0.408 e. The summed E-state index contributed by atoms with van der Waals surface area (Å²) in [5, 5.41) is 19.7. The first-order chi connectivity index (χ1) is 10.9. The minimum atomic E-state index is -1.42. The van der Waals surface area contributed by atoms with Crippen LogP contribution < -0.4 is 5.32 Å². The third kappa shape index (κ3) is 5.41. The standard InChI is InChI=1S/C13H19N3O8/c1-13(2,3)24-11(22)14-7-4-16(10(7)21)12(23)15(5-8(17)18)6-9(19)20/h7H,4-6H2,1-3H3,(H,14,22)(H,17,18)(H,19,20)/t7-/m0/s1. The van der Waals surface area contributed by atoms with E-state index < -0.39 is 54.7 Å². The lowest BCUT2D eigenvalue weighted by molar-refractivity contribution is -0.145. The zero-order chi connectivity index (χ0) is 18.7. The van der Waals surface area contributed by atoms with E-state index in [-0.39, 0.29) is 6.54 Å². The van der Waals surface area contributed by atoms with Crippen LogP contribution in [0.5, 0.6) is 0 Å². The SMILES string of the molecule is CC(C)(C)OC(=O)N[C@H]1CN(C(=O)N(CC(=O)O)CC(=O)O)C1=O. The maximum absolute atomic E-state index is 12.0. The van der Waals surface area contributed by atoms with Gasteiger partial charge in [0.1, 0.15) is 24.7 Å². The van der Waals surface area contributed by atoms with Crippen molar-refractivity contribution in [2.75, 3.05) is 19.6 Å². The second-order valence-corrected chi connectivity index (χ2v) is 6.07. The summed E-state index contributed by atoms with van der Waals surface area (Å²) in [6.07, 6.45) is -0.833. The lowest BCUT2D eigenvalue weighted by Gasteiger charge is -2.39. The van der Waals surface area contributed by atoms with Crippen LogP contribution in [0.1, 0.15) is 20.8 Å². The van der Waals surface area contributed by atoms with Crippen molar-refractivity contribution in [2.45, 2.75) is 32.4 Å². The number of carbonyl (C=O) groups is 5. The zero-order valence-electron chi connectivity index (χ0n) is 13.4. The fourth-order valence-corrected chi connectivity index (χ4v) is 1.84. The molecule has 0 aromatic rings. The highest BCUT2D eigenvalue weighted by molar-refractivity contribution is 6.04. The van der Waals surface area contributed by atoms with Crippen LogP contribution in [0.25, 0.3) is 0 Å². The summed E-state index contributed by atoms with van der Waals surface area (Å²) in [6, 6.07) is -2.03. The molecule has 11 nitrogen and oxygen atoms in total. The molecule has 0 bridgehead atoms. The maximum Gasteiger partial charge on any atom is 0.408 e. The van der Waals surface area contributed by atoms with E-state index in [9.17, 15) is 24.0 Å². The van der Waals surface area contributed by atoms with Crippen molar-refractivity contribution < 1.29 is 38.9 Å². The molecule has 1 aliphatic rings. The maximum atomic E-state index is 12.0. The molecule has 0 aliphatic carbocycles. The Hall–Kier alpha value is -2.85. The number of amides is 4. The number of rotatable bonds is 5. The summed E-state index contributed by atoms with van der Waals surface area (Å²) in [6.45, 7) is 2.99. The number of hydrogen-bond donors (Lipinski definition) is 3. The van der Waals surface area contributed by atoms with Crippen molar-refractivity contribution in [3.05, 3.63) is 0 Å². The van der Waals surface area contributed by atoms with Crippen LogP contribution >= 0.6 is 0 Å². The Labute approximate surface area is 137 Å². The molecule has 0 saturated carbocycles. The van der Waals surface area contributed by atoms with Gasteiger partial charge in [-0.15, -0.1) is 0 Å². The van der Waals surface area contributed by atoms with E-state index in [1.807, 2.05) is 0 Å². The number of carboxylic acids is 2. The van der Waals surface area contributed by atoms with Crippen molar-refractivity contribution >= 4 is 30.0 Å². The van der Waals surface area contributed by atoms with Gasteiger partial charge in [-0.2, -0.15) is 0 Å². The molecular formula is C13H19N3O8. The Balaban J connectivity index is 2.62. The second-order valence-electron chi connectivity index (χ2n) is 6.07. The van der Waals surface area contributed by atoms with Gasteiger partial charge in [-0.25, -0.2) is 9.59 Å². The summed E-state index contributed by atoms with van der Waals surface area (Å²) in [5.74, 6) is -3.60. The fraction of sp³-hybridized carbons (Fsp3) is 0.615. The van der Waals surface area contributed by atoms with Gasteiger partial charge in [0.2, 0.25) is 0 Å². The number of likely N-dealkylation sites (tertiary alicyclic amines) is 1. The Bertz CT molecular complexity index is 552. The molecule has 1 atom stereocenters. The molecule has 1 fully saturated rings. The molecule has 4 amide bonds. The van der Waals surface area contributed by atoms with Crippen molar-refractivity contribution in [3.8, 4) is 0 Å². The van der Waals surface area contributed by atoms with Crippen LogP contribution in [0.15, 0.2) is 0 Å². The molecule has 0 spiro atoms. The molecule has 11 heteroatoms. The fourth-order valence-electron chi connectivity index (χ4n) is 1.84. The molecule has 3 N–H and O–H groups in total. The first-order valence-electron chi connectivity index (χ1n) is 6.94. The normalized spacial score (nSPS) is 16.9. The number of urea groups is 1. The summed E-state index contributed by atoms with van der Waals surface area (Å²) >= 11 is 0. The number of nitrogens with one attached hydrogen (secondary N) is 1. The van der Waals surface area contributed by atoms with Crippen LogP contribution in [0, 0.1) is 0 Å². The zero-order valence-corrected chi connectivity index (χ0v) is 13.4. The van der Waals surface area contributed by atoms with E-state index in [0.717, 1.165) is 0 Å². The molecular weight excluding hydrogens is 326 g/mol. The highest BCUT2D eigenvalue weighted by atomic mass is 16.6.